The van der Waals surface area contributed by atoms with Crippen LogP contribution in [0.4, 0.5) is 26.3 Å². The number of imide groups is 1. The molecule has 9 nitrogen and oxygen atoms in total. The van der Waals surface area contributed by atoms with Gasteiger partial charge in [0.05, 0.1) is 12.8 Å². The third-order valence-corrected chi connectivity index (χ3v) is 5.49. The Morgan fingerprint density at radius 2 is 1.15 bits per heavy atom. The number of piperidine rings is 1. The van der Waals surface area contributed by atoms with Gasteiger partial charge in [0.15, 0.2) is 13.2 Å². The van der Waals surface area contributed by atoms with E-state index in [0.29, 0.717) is 5.56 Å². The molecule has 15 heteroatoms. The summed E-state index contributed by atoms with van der Waals surface area (Å²) in [6.07, 6.45) is -9.21. The molecule has 0 aliphatic carbocycles. The summed E-state index contributed by atoms with van der Waals surface area (Å²) in [5.41, 5.74) is 1.15. The maximum Gasteiger partial charge on any atom is 0.422 e. The molecule has 2 amide bonds. The van der Waals surface area contributed by atoms with Gasteiger partial charge >= 0.3 is 24.3 Å². The molecular formula is C26H25F6NO8. The SMILES string of the molecule is O=C(O)CC(CC(=O)O)c1ccc(OCC(F)(F)F)cc1.O=C1CC(c2ccc(OCC(F)(F)F)cc2)CC(=O)N1. The van der Waals surface area contributed by atoms with Crippen LogP contribution in [0.15, 0.2) is 48.5 Å². The zero-order chi connectivity index (χ0) is 30.8. The first-order chi connectivity index (χ1) is 19.0. The summed E-state index contributed by atoms with van der Waals surface area (Å²) in [6, 6.07) is 11.2. The van der Waals surface area contributed by atoms with E-state index in [1.165, 1.54) is 36.4 Å². The molecule has 1 saturated heterocycles. The smallest absolute Gasteiger partial charge is 0.422 e. The van der Waals surface area contributed by atoms with E-state index < -0.39 is 43.4 Å². The minimum Gasteiger partial charge on any atom is -0.484 e. The van der Waals surface area contributed by atoms with Gasteiger partial charge in [-0.25, -0.2) is 0 Å². The first-order valence-electron chi connectivity index (χ1n) is 11.9. The van der Waals surface area contributed by atoms with Crippen LogP contribution in [0.2, 0.25) is 0 Å². The van der Waals surface area contributed by atoms with E-state index in [0.717, 1.165) is 5.56 Å². The van der Waals surface area contributed by atoms with Gasteiger partial charge < -0.3 is 19.7 Å². The van der Waals surface area contributed by atoms with Crippen LogP contribution in [0, 0.1) is 0 Å². The van der Waals surface area contributed by atoms with Gasteiger partial charge in [-0.3, -0.25) is 24.5 Å². The van der Waals surface area contributed by atoms with E-state index in [4.69, 9.17) is 10.2 Å². The number of hydrogen-bond donors (Lipinski definition) is 3. The van der Waals surface area contributed by atoms with Gasteiger partial charge in [0.25, 0.3) is 0 Å². The number of aliphatic carboxylic acids is 2. The van der Waals surface area contributed by atoms with E-state index in [2.05, 4.69) is 14.8 Å². The lowest BCUT2D eigenvalue weighted by atomic mass is 9.89. The molecule has 2 aromatic rings. The van der Waals surface area contributed by atoms with Crippen LogP contribution in [-0.4, -0.2) is 59.5 Å². The van der Waals surface area contributed by atoms with Crippen molar-refractivity contribution < 1.29 is 65.2 Å². The van der Waals surface area contributed by atoms with Crippen molar-refractivity contribution >= 4 is 23.8 Å². The Hall–Kier alpha value is -4.30. The summed E-state index contributed by atoms with van der Waals surface area (Å²) in [6.45, 7) is -2.78. The van der Waals surface area contributed by atoms with Crippen molar-refractivity contribution in [2.24, 2.45) is 0 Å². The second kappa shape index (κ2) is 14.4. The number of carboxylic acid groups (broad SMARTS) is 2. The Balaban J connectivity index is 0.000000287. The number of amides is 2. The number of halogens is 6. The number of alkyl halides is 6. The fourth-order valence-electron chi connectivity index (χ4n) is 3.75. The van der Waals surface area contributed by atoms with Crippen molar-refractivity contribution in [1.82, 2.24) is 5.32 Å². The van der Waals surface area contributed by atoms with Crippen molar-refractivity contribution in [2.75, 3.05) is 13.2 Å². The van der Waals surface area contributed by atoms with Crippen LogP contribution in [0.3, 0.4) is 0 Å². The summed E-state index contributed by atoms with van der Waals surface area (Å²) in [5.74, 6) is -3.92. The molecule has 0 unspecified atom stereocenters. The third kappa shape index (κ3) is 13.1. The monoisotopic (exact) mass is 593 g/mol. The average molecular weight is 593 g/mol. The van der Waals surface area contributed by atoms with E-state index >= 15 is 0 Å². The number of benzene rings is 2. The number of carbonyl (C=O) groups excluding carboxylic acids is 2. The molecule has 0 bridgehead atoms. The Kier molecular flexibility index (Phi) is 11.5. The molecule has 1 aliphatic heterocycles. The molecule has 41 heavy (non-hydrogen) atoms. The highest BCUT2D eigenvalue weighted by molar-refractivity contribution is 5.98. The molecule has 2 aromatic carbocycles. The number of carboxylic acids is 2. The van der Waals surface area contributed by atoms with Crippen molar-refractivity contribution in [2.45, 2.75) is 49.9 Å². The molecule has 0 radical (unpaired) electrons. The van der Waals surface area contributed by atoms with Crippen LogP contribution in [0.1, 0.15) is 48.6 Å². The second-order valence-corrected chi connectivity index (χ2v) is 8.91. The first kappa shape index (κ1) is 32.9. The number of nitrogens with one attached hydrogen (secondary N) is 1. The molecule has 0 atom stereocenters. The Bertz CT molecular complexity index is 1160. The minimum atomic E-state index is -4.45. The zero-order valence-electron chi connectivity index (χ0n) is 21.1. The summed E-state index contributed by atoms with van der Waals surface area (Å²) in [4.78, 5) is 43.9. The molecule has 1 heterocycles. The van der Waals surface area contributed by atoms with E-state index in [-0.39, 0.29) is 54.9 Å². The number of ether oxygens (including phenoxy) is 2. The lowest BCUT2D eigenvalue weighted by Crippen LogP contribution is -2.37. The van der Waals surface area contributed by atoms with Gasteiger partial charge in [0.2, 0.25) is 11.8 Å². The largest absolute Gasteiger partial charge is 0.484 e. The van der Waals surface area contributed by atoms with Gasteiger partial charge in [-0.1, -0.05) is 24.3 Å². The van der Waals surface area contributed by atoms with Gasteiger partial charge in [0, 0.05) is 24.7 Å². The number of rotatable bonds is 10. The molecule has 0 spiro atoms. The third-order valence-electron chi connectivity index (χ3n) is 5.49. The lowest BCUT2D eigenvalue weighted by Gasteiger charge is -2.21. The van der Waals surface area contributed by atoms with Crippen molar-refractivity contribution in [3.8, 4) is 11.5 Å². The molecule has 3 rings (SSSR count). The van der Waals surface area contributed by atoms with E-state index in [1.807, 2.05) is 0 Å². The summed E-state index contributed by atoms with van der Waals surface area (Å²) >= 11 is 0. The molecule has 224 valence electrons. The van der Waals surface area contributed by atoms with Crippen molar-refractivity contribution in [3.63, 3.8) is 0 Å². The topological polar surface area (TPSA) is 139 Å². The van der Waals surface area contributed by atoms with Crippen LogP contribution in [0.5, 0.6) is 11.5 Å². The summed E-state index contributed by atoms with van der Waals surface area (Å²) in [7, 11) is 0. The van der Waals surface area contributed by atoms with Gasteiger partial charge in [0.1, 0.15) is 11.5 Å². The maximum absolute atomic E-state index is 12.0. The first-order valence-corrected chi connectivity index (χ1v) is 11.9. The predicted molar refractivity (Wildman–Crippen MR) is 128 cm³/mol. The van der Waals surface area contributed by atoms with Gasteiger partial charge in [-0.2, -0.15) is 26.3 Å². The second-order valence-electron chi connectivity index (χ2n) is 8.91. The fourth-order valence-corrected chi connectivity index (χ4v) is 3.75. The van der Waals surface area contributed by atoms with Gasteiger partial charge in [-0.15, -0.1) is 0 Å². The number of hydrogen-bond acceptors (Lipinski definition) is 6. The standard InChI is InChI=1S/C13H12F3NO3.C13H13F3O5/c14-13(15,16)7-20-10-3-1-8(2-4-10)9-5-11(18)17-12(19)6-9;14-13(15,16)7-21-10-3-1-8(2-4-10)9(5-11(17)18)6-12(19)20/h1-4,9H,5-7H2,(H,17,18,19);1-4,9H,5-7H2,(H,17,18)(H,19,20). The molecular weight excluding hydrogens is 568 g/mol. The average Bonchev–Trinajstić information content (AvgIpc) is 2.85. The summed E-state index contributed by atoms with van der Waals surface area (Å²) in [5, 5.41) is 19.7. The molecule has 0 saturated carbocycles. The van der Waals surface area contributed by atoms with E-state index in [1.54, 1.807) is 12.1 Å². The quantitative estimate of drug-likeness (QED) is 0.264. The highest BCUT2D eigenvalue weighted by Crippen LogP contribution is 2.29. The van der Waals surface area contributed by atoms with Crippen molar-refractivity contribution in [1.29, 1.82) is 0 Å². The molecule has 3 N–H and O–H groups in total. The van der Waals surface area contributed by atoms with Crippen LogP contribution in [-0.2, 0) is 19.2 Å². The molecule has 1 fully saturated rings. The van der Waals surface area contributed by atoms with E-state index in [9.17, 15) is 45.5 Å². The number of carbonyl (C=O) groups is 4. The van der Waals surface area contributed by atoms with Crippen LogP contribution < -0.4 is 14.8 Å². The fraction of sp³-hybridized carbons (Fsp3) is 0.385. The summed E-state index contributed by atoms with van der Waals surface area (Å²) < 4.78 is 81.0. The van der Waals surface area contributed by atoms with Crippen LogP contribution >= 0.6 is 0 Å². The highest BCUT2D eigenvalue weighted by Gasteiger charge is 2.30. The maximum atomic E-state index is 12.0. The highest BCUT2D eigenvalue weighted by atomic mass is 19.4. The predicted octanol–water partition coefficient (Wildman–Crippen LogP) is 4.81. The van der Waals surface area contributed by atoms with Crippen molar-refractivity contribution in [3.05, 3.63) is 59.7 Å². The molecule has 1 aliphatic rings. The Morgan fingerprint density at radius 1 is 0.756 bits per heavy atom. The Labute approximate surface area is 229 Å². The van der Waals surface area contributed by atoms with Crippen LogP contribution in [0.25, 0.3) is 0 Å². The Morgan fingerprint density at radius 3 is 1.51 bits per heavy atom. The minimum absolute atomic E-state index is 0.0273. The molecule has 0 aromatic heterocycles. The lowest BCUT2D eigenvalue weighted by molar-refractivity contribution is -0.154. The van der Waals surface area contributed by atoms with Gasteiger partial charge in [-0.05, 0) is 35.4 Å². The zero-order valence-corrected chi connectivity index (χ0v) is 21.1. The normalized spacial score (nSPS) is 14.1.